The van der Waals surface area contributed by atoms with E-state index in [9.17, 15) is 0 Å². The summed E-state index contributed by atoms with van der Waals surface area (Å²) in [6.45, 7) is 2.10. The monoisotopic (exact) mass is 256 g/mol. The molecule has 20 heavy (non-hydrogen) atoms. The van der Waals surface area contributed by atoms with Gasteiger partial charge in [0.15, 0.2) is 0 Å². The third kappa shape index (κ3) is 2.88. The topological polar surface area (TPSA) is 0 Å². The zero-order chi connectivity index (χ0) is 13.8. The first kappa shape index (κ1) is 12.5. The Morgan fingerprint density at radius 3 is 2.15 bits per heavy atom. The summed E-state index contributed by atoms with van der Waals surface area (Å²) < 4.78 is 0. The SMILES string of the molecule is Cc1ccc(C=C=Cc2ccc3ccccc3c2)cc1. The summed E-state index contributed by atoms with van der Waals surface area (Å²) >= 11 is 0. The van der Waals surface area contributed by atoms with Gasteiger partial charge < -0.3 is 0 Å². The second-order valence-corrected chi connectivity index (χ2v) is 4.97. The minimum Gasteiger partial charge on any atom is -0.120 e. The van der Waals surface area contributed by atoms with Crippen LogP contribution in [0.1, 0.15) is 16.7 Å². The Labute approximate surface area is 119 Å². The molecular formula is C20H16. The molecular weight excluding hydrogens is 240 g/mol. The third-order valence-electron chi connectivity index (χ3n) is 3.35. The molecule has 3 rings (SSSR count). The van der Waals surface area contributed by atoms with E-state index in [1.165, 1.54) is 27.5 Å². The molecule has 0 heterocycles. The van der Waals surface area contributed by atoms with Crippen LogP contribution in [0.3, 0.4) is 0 Å². The molecule has 0 amide bonds. The molecule has 0 aliphatic carbocycles. The van der Waals surface area contributed by atoms with E-state index >= 15 is 0 Å². The maximum atomic E-state index is 3.25. The van der Waals surface area contributed by atoms with Gasteiger partial charge in [-0.2, -0.15) is 0 Å². The van der Waals surface area contributed by atoms with Gasteiger partial charge in [0.25, 0.3) is 0 Å². The van der Waals surface area contributed by atoms with Crippen molar-refractivity contribution in [3.63, 3.8) is 0 Å². The maximum absolute atomic E-state index is 3.25. The quantitative estimate of drug-likeness (QED) is 0.533. The minimum atomic E-state index is 1.17. The highest BCUT2D eigenvalue weighted by Crippen LogP contribution is 2.16. The van der Waals surface area contributed by atoms with Crippen LogP contribution in [-0.2, 0) is 0 Å². The van der Waals surface area contributed by atoms with Crippen molar-refractivity contribution >= 4 is 22.9 Å². The Morgan fingerprint density at radius 2 is 1.35 bits per heavy atom. The van der Waals surface area contributed by atoms with Crippen LogP contribution in [0.15, 0.2) is 72.5 Å². The molecule has 0 saturated heterocycles. The van der Waals surface area contributed by atoms with Crippen molar-refractivity contribution < 1.29 is 0 Å². The molecule has 0 radical (unpaired) electrons. The molecule has 0 atom stereocenters. The van der Waals surface area contributed by atoms with Gasteiger partial charge in [0.1, 0.15) is 0 Å². The van der Waals surface area contributed by atoms with E-state index in [-0.39, 0.29) is 0 Å². The lowest BCUT2D eigenvalue weighted by Gasteiger charge is -1.98. The van der Waals surface area contributed by atoms with Crippen LogP contribution in [0.2, 0.25) is 0 Å². The van der Waals surface area contributed by atoms with Crippen LogP contribution in [0, 0.1) is 6.92 Å². The van der Waals surface area contributed by atoms with E-state index in [1.54, 1.807) is 0 Å². The minimum absolute atomic E-state index is 1.17. The molecule has 0 unspecified atom stereocenters. The van der Waals surface area contributed by atoms with E-state index in [2.05, 4.69) is 79.4 Å². The van der Waals surface area contributed by atoms with Gasteiger partial charge in [0, 0.05) is 0 Å². The highest BCUT2D eigenvalue weighted by Gasteiger charge is 1.92. The number of aryl methyl sites for hydroxylation is 1. The molecule has 0 heteroatoms. The number of hydrogen-bond donors (Lipinski definition) is 0. The Morgan fingerprint density at radius 1 is 0.700 bits per heavy atom. The molecule has 3 aromatic carbocycles. The molecule has 0 bridgehead atoms. The first-order valence-corrected chi connectivity index (χ1v) is 6.79. The van der Waals surface area contributed by atoms with Crippen molar-refractivity contribution in [1.29, 1.82) is 0 Å². The molecule has 0 aromatic heterocycles. The van der Waals surface area contributed by atoms with Crippen LogP contribution in [0.4, 0.5) is 0 Å². The fourth-order valence-electron chi connectivity index (χ4n) is 2.19. The van der Waals surface area contributed by atoms with Crippen molar-refractivity contribution in [3.05, 3.63) is 89.2 Å². The van der Waals surface area contributed by atoms with Crippen molar-refractivity contribution in [3.8, 4) is 0 Å². The maximum Gasteiger partial charge on any atom is -0.0127 e. The second kappa shape index (κ2) is 5.61. The fraction of sp³-hybridized carbons (Fsp3) is 0.0500. The van der Waals surface area contributed by atoms with Gasteiger partial charge >= 0.3 is 0 Å². The molecule has 0 aliphatic rings. The molecule has 0 saturated carbocycles. The van der Waals surface area contributed by atoms with Gasteiger partial charge in [-0.3, -0.25) is 0 Å². The molecule has 3 aromatic rings. The molecule has 0 spiro atoms. The lowest BCUT2D eigenvalue weighted by molar-refractivity contribution is 1.46. The van der Waals surface area contributed by atoms with Crippen LogP contribution in [-0.4, -0.2) is 0 Å². The highest BCUT2D eigenvalue weighted by atomic mass is 14.0. The molecule has 0 fully saturated rings. The summed E-state index contributed by atoms with van der Waals surface area (Å²) in [5.41, 5.74) is 6.88. The zero-order valence-corrected chi connectivity index (χ0v) is 11.5. The standard InChI is InChI=1S/C20H16/c1-16-9-11-17(12-10-16)5-4-6-18-13-14-19-7-2-3-8-20(19)15-18/h2-3,5-15H,1H3. The molecule has 0 nitrogen and oxygen atoms in total. The first-order chi connectivity index (χ1) is 9.81. The van der Waals surface area contributed by atoms with Crippen molar-refractivity contribution in [2.24, 2.45) is 0 Å². The summed E-state index contributed by atoms with van der Waals surface area (Å²) in [6.07, 6.45) is 4.03. The molecule has 96 valence electrons. The van der Waals surface area contributed by atoms with E-state index in [0.29, 0.717) is 0 Å². The van der Waals surface area contributed by atoms with Gasteiger partial charge in [0.05, 0.1) is 0 Å². The van der Waals surface area contributed by atoms with Gasteiger partial charge in [-0.05, 0) is 47.0 Å². The van der Waals surface area contributed by atoms with Gasteiger partial charge in [0.2, 0.25) is 0 Å². The number of hydrogen-bond acceptors (Lipinski definition) is 0. The second-order valence-electron chi connectivity index (χ2n) is 4.97. The lowest BCUT2D eigenvalue weighted by atomic mass is 10.1. The predicted octanol–water partition coefficient (Wildman–Crippen LogP) is 5.47. The van der Waals surface area contributed by atoms with E-state index < -0.39 is 0 Å². The fourth-order valence-corrected chi connectivity index (χ4v) is 2.19. The molecule has 0 N–H and O–H groups in total. The normalized spacial score (nSPS) is 10.1. The largest absolute Gasteiger partial charge is 0.120 e. The third-order valence-corrected chi connectivity index (χ3v) is 3.35. The highest BCUT2D eigenvalue weighted by molar-refractivity contribution is 5.84. The van der Waals surface area contributed by atoms with E-state index in [4.69, 9.17) is 0 Å². The van der Waals surface area contributed by atoms with Crippen molar-refractivity contribution in [1.82, 2.24) is 0 Å². The average Bonchev–Trinajstić information content (AvgIpc) is 2.49. The predicted molar refractivity (Wildman–Crippen MR) is 87.6 cm³/mol. The molecule has 0 aliphatic heterocycles. The van der Waals surface area contributed by atoms with Gasteiger partial charge in [-0.1, -0.05) is 66.2 Å². The number of rotatable bonds is 2. The summed E-state index contributed by atoms with van der Waals surface area (Å²) in [5.74, 6) is 0. The van der Waals surface area contributed by atoms with Crippen molar-refractivity contribution in [2.45, 2.75) is 6.92 Å². The lowest BCUT2D eigenvalue weighted by Crippen LogP contribution is -1.74. The Balaban J connectivity index is 1.88. The average molecular weight is 256 g/mol. The van der Waals surface area contributed by atoms with Crippen LogP contribution in [0.5, 0.6) is 0 Å². The van der Waals surface area contributed by atoms with Crippen molar-refractivity contribution in [2.75, 3.05) is 0 Å². The summed E-state index contributed by atoms with van der Waals surface area (Å²) in [4.78, 5) is 0. The Hall–Kier alpha value is -2.56. The summed E-state index contributed by atoms with van der Waals surface area (Å²) in [7, 11) is 0. The Kier molecular flexibility index (Phi) is 3.50. The van der Waals surface area contributed by atoms with E-state index in [1.807, 2.05) is 12.2 Å². The van der Waals surface area contributed by atoms with E-state index in [0.717, 1.165) is 0 Å². The van der Waals surface area contributed by atoms with Crippen LogP contribution < -0.4 is 0 Å². The number of benzene rings is 3. The summed E-state index contributed by atoms with van der Waals surface area (Å²) in [6, 6.07) is 23.3. The summed E-state index contributed by atoms with van der Waals surface area (Å²) in [5, 5.41) is 2.53. The zero-order valence-electron chi connectivity index (χ0n) is 11.5. The number of fused-ring (bicyclic) bond motifs is 1. The van der Waals surface area contributed by atoms with Crippen LogP contribution in [0.25, 0.3) is 22.9 Å². The smallest absolute Gasteiger partial charge is 0.0127 e. The first-order valence-electron chi connectivity index (χ1n) is 6.79. The van der Waals surface area contributed by atoms with Gasteiger partial charge in [-0.25, -0.2) is 0 Å². The van der Waals surface area contributed by atoms with Crippen LogP contribution >= 0.6 is 0 Å². The Bertz CT molecular complexity index is 786. The van der Waals surface area contributed by atoms with Gasteiger partial charge in [-0.15, -0.1) is 5.73 Å².